The molecule has 1 aliphatic heterocycles. The molecule has 9 nitrogen and oxygen atoms in total. The highest BCUT2D eigenvalue weighted by Gasteiger charge is 2.22. The van der Waals surface area contributed by atoms with Gasteiger partial charge in [-0.1, -0.05) is 19.1 Å². The lowest BCUT2D eigenvalue weighted by Gasteiger charge is -2.34. The molecule has 0 atom stereocenters. The van der Waals surface area contributed by atoms with Gasteiger partial charge in [0.05, 0.1) is 27.6 Å². The van der Waals surface area contributed by atoms with Gasteiger partial charge in [0.25, 0.3) is 0 Å². The Morgan fingerprint density at radius 2 is 1.83 bits per heavy atom. The lowest BCUT2D eigenvalue weighted by molar-refractivity contribution is -0.133. The van der Waals surface area contributed by atoms with Crippen molar-refractivity contribution >= 4 is 27.0 Å². The van der Waals surface area contributed by atoms with E-state index >= 15 is 0 Å². The molecule has 1 aliphatic rings. The second-order valence-corrected chi connectivity index (χ2v) is 10.4. The number of hydrogen-bond acceptors (Lipinski definition) is 6. The zero-order valence-electron chi connectivity index (χ0n) is 19.9. The molecule has 2 heterocycles. The number of nitrogens with two attached hydrogens (primary N) is 1. The number of carbonyl (C=O) groups excluding carboxylic acids is 1. The summed E-state index contributed by atoms with van der Waals surface area (Å²) in [6.07, 6.45) is 1.74. The number of nitriles is 1. The number of piperazine rings is 1. The minimum atomic E-state index is -3.81. The summed E-state index contributed by atoms with van der Waals surface area (Å²) in [7, 11) is -3.81. The second kappa shape index (κ2) is 10.6. The fourth-order valence-corrected chi connectivity index (χ4v) is 5.01. The maximum Gasteiger partial charge on any atom is 0.238 e. The highest BCUT2D eigenvalue weighted by atomic mass is 32.2. The summed E-state index contributed by atoms with van der Waals surface area (Å²) in [5.41, 5.74) is 3.23. The summed E-state index contributed by atoms with van der Waals surface area (Å²) < 4.78 is 25.5. The van der Waals surface area contributed by atoms with Crippen LogP contribution in [0.2, 0.25) is 0 Å². The van der Waals surface area contributed by atoms with Crippen LogP contribution in [0.3, 0.4) is 0 Å². The van der Waals surface area contributed by atoms with Gasteiger partial charge in [0.2, 0.25) is 15.9 Å². The Kier molecular flexibility index (Phi) is 7.50. The minimum Gasteiger partial charge on any atom is -0.340 e. The van der Waals surface area contributed by atoms with Gasteiger partial charge in [-0.15, -0.1) is 0 Å². The van der Waals surface area contributed by atoms with E-state index in [0.717, 1.165) is 49.5 Å². The largest absolute Gasteiger partial charge is 0.340 e. The average molecular weight is 495 g/mol. The molecular formula is C25H30N6O3S. The Labute approximate surface area is 205 Å². The van der Waals surface area contributed by atoms with Gasteiger partial charge in [0.15, 0.2) is 0 Å². The number of nitrogens with zero attached hydrogens (tertiary/aromatic N) is 5. The molecule has 0 bridgehead atoms. The van der Waals surface area contributed by atoms with Crippen LogP contribution in [0.15, 0.2) is 47.4 Å². The highest BCUT2D eigenvalue weighted by molar-refractivity contribution is 7.89. The van der Waals surface area contributed by atoms with Crippen LogP contribution < -0.4 is 5.14 Å². The number of primary sulfonamides is 1. The summed E-state index contributed by atoms with van der Waals surface area (Å²) in [4.78, 5) is 21.8. The lowest BCUT2D eigenvalue weighted by Crippen LogP contribution is -2.48. The van der Waals surface area contributed by atoms with Crippen molar-refractivity contribution in [1.29, 1.82) is 5.26 Å². The van der Waals surface area contributed by atoms with E-state index < -0.39 is 10.0 Å². The molecule has 1 aromatic heterocycles. The Bertz CT molecular complexity index is 1350. The monoisotopic (exact) mass is 494 g/mol. The van der Waals surface area contributed by atoms with Crippen molar-refractivity contribution < 1.29 is 13.2 Å². The van der Waals surface area contributed by atoms with E-state index in [4.69, 9.17) is 10.4 Å². The normalized spacial score (nSPS) is 14.8. The van der Waals surface area contributed by atoms with Crippen molar-refractivity contribution in [2.24, 2.45) is 5.14 Å². The standard InChI is InChI=1S/C25H30N6O3S/c1-2-11-31-23-8-7-21(35(27,33)34)16-22(23)28-24(31)9-10-25(32)30-14-12-29(13-15-30)18-20-5-3-19(17-26)4-6-20/h3-8,16H,2,9-15,18H2,1H3,(H2,27,33,34). The molecule has 0 unspecified atom stereocenters. The first kappa shape index (κ1) is 24.9. The van der Waals surface area contributed by atoms with Crippen LogP contribution in [0, 0.1) is 11.3 Å². The quantitative estimate of drug-likeness (QED) is 0.512. The van der Waals surface area contributed by atoms with E-state index in [2.05, 4.69) is 27.4 Å². The summed E-state index contributed by atoms with van der Waals surface area (Å²) in [6.45, 7) is 6.57. The third-order valence-corrected chi connectivity index (χ3v) is 7.26. The van der Waals surface area contributed by atoms with Crippen molar-refractivity contribution in [3.63, 3.8) is 0 Å². The molecule has 2 aromatic carbocycles. The fourth-order valence-electron chi connectivity index (χ4n) is 4.48. The molecule has 2 N–H and O–H groups in total. The summed E-state index contributed by atoms with van der Waals surface area (Å²) in [5, 5.41) is 14.2. The minimum absolute atomic E-state index is 0.0349. The molecular weight excluding hydrogens is 464 g/mol. The SMILES string of the molecule is CCCn1c(CCC(=O)N2CCN(Cc3ccc(C#N)cc3)CC2)nc2cc(S(N)(=O)=O)ccc21. The molecule has 184 valence electrons. The Balaban J connectivity index is 1.36. The summed E-state index contributed by atoms with van der Waals surface area (Å²) in [6, 6.07) is 14.5. The van der Waals surface area contributed by atoms with E-state index in [0.29, 0.717) is 37.0 Å². The number of imidazole rings is 1. The average Bonchev–Trinajstić information content (AvgIpc) is 3.20. The molecule has 10 heteroatoms. The number of aromatic nitrogens is 2. The van der Waals surface area contributed by atoms with Crippen LogP contribution in [0.5, 0.6) is 0 Å². The molecule has 0 aliphatic carbocycles. The molecule has 1 fully saturated rings. The van der Waals surface area contributed by atoms with E-state index in [1.54, 1.807) is 6.07 Å². The number of carbonyl (C=O) groups is 1. The van der Waals surface area contributed by atoms with Crippen LogP contribution >= 0.6 is 0 Å². The topological polar surface area (TPSA) is 125 Å². The van der Waals surface area contributed by atoms with Gasteiger partial charge in [-0.25, -0.2) is 18.5 Å². The molecule has 35 heavy (non-hydrogen) atoms. The first-order valence-corrected chi connectivity index (χ1v) is 13.3. The van der Waals surface area contributed by atoms with Crippen molar-refractivity contribution in [1.82, 2.24) is 19.4 Å². The van der Waals surface area contributed by atoms with Gasteiger partial charge in [-0.05, 0) is 42.3 Å². The van der Waals surface area contributed by atoms with Gasteiger partial charge < -0.3 is 9.47 Å². The fraction of sp³-hybridized carbons (Fsp3) is 0.400. The van der Waals surface area contributed by atoms with Crippen molar-refractivity contribution in [3.05, 3.63) is 59.4 Å². The van der Waals surface area contributed by atoms with Crippen LogP contribution in [-0.2, 0) is 34.3 Å². The number of fused-ring (bicyclic) bond motifs is 1. The zero-order valence-corrected chi connectivity index (χ0v) is 20.7. The number of hydrogen-bond donors (Lipinski definition) is 1. The van der Waals surface area contributed by atoms with Gasteiger partial charge in [-0.3, -0.25) is 9.69 Å². The third-order valence-electron chi connectivity index (χ3n) is 6.35. The number of sulfonamides is 1. The number of rotatable bonds is 8. The van der Waals surface area contributed by atoms with Crippen molar-refractivity contribution in [3.8, 4) is 6.07 Å². The number of benzene rings is 2. The first-order valence-electron chi connectivity index (χ1n) is 11.8. The van der Waals surface area contributed by atoms with Gasteiger partial charge in [0, 0.05) is 52.1 Å². The zero-order chi connectivity index (χ0) is 25.0. The first-order chi connectivity index (χ1) is 16.8. The van der Waals surface area contributed by atoms with E-state index in [1.807, 2.05) is 29.2 Å². The summed E-state index contributed by atoms with van der Waals surface area (Å²) in [5.74, 6) is 0.879. The number of aryl methyl sites for hydroxylation is 2. The molecule has 0 spiro atoms. The van der Waals surface area contributed by atoms with Gasteiger partial charge >= 0.3 is 0 Å². The molecule has 0 radical (unpaired) electrons. The van der Waals surface area contributed by atoms with Crippen LogP contribution in [0.1, 0.15) is 36.7 Å². The van der Waals surface area contributed by atoms with Crippen LogP contribution in [0.25, 0.3) is 11.0 Å². The van der Waals surface area contributed by atoms with Gasteiger partial charge in [-0.2, -0.15) is 5.26 Å². The summed E-state index contributed by atoms with van der Waals surface area (Å²) >= 11 is 0. The predicted octanol–water partition coefficient (Wildman–Crippen LogP) is 2.24. The molecule has 0 saturated carbocycles. The lowest BCUT2D eigenvalue weighted by atomic mass is 10.1. The van der Waals surface area contributed by atoms with Crippen LogP contribution in [-0.4, -0.2) is 59.9 Å². The molecule has 3 aromatic rings. The van der Waals surface area contributed by atoms with Gasteiger partial charge in [0.1, 0.15) is 5.82 Å². The van der Waals surface area contributed by atoms with Crippen molar-refractivity contribution in [2.45, 2.75) is 44.2 Å². The highest BCUT2D eigenvalue weighted by Crippen LogP contribution is 2.22. The maximum atomic E-state index is 12.9. The van der Waals surface area contributed by atoms with E-state index in [-0.39, 0.29) is 10.8 Å². The van der Waals surface area contributed by atoms with E-state index in [9.17, 15) is 13.2 Å². The molecule has 1 saturated heterocycles. The Hall–Kier alpha value is -3.26. The Morgan fingerprint density at radius 3 is 2.46 bits per heavy atom. The predicted molar refractivity (Wildman–Crippen MR) is 133 cm³/mol. The maximum absolute atomic E-state index is 12.9. The van der Waals surface area contributed by atoms with Crippen LogP contribution in [0.4, 0.5) is 0 Å². The number of amides is 1. The third kappa shape index (κ3) is 5.88. The second-order valence-electron chi connectivity index (χ2n) is 8.84. The molecule has 4 rings (SSSR count). The molecule has 1 amide bonds. The van der Waals surface area contributed by atoms with E-state index in [1.165, 1.54) is 12.1 Å². The van der Waals surface area contributed by atoms with Crippen molar-refractivity contribution in [2.75, 3.05) is 26.2 Å². The smallest absolute Gasteiger partial charge is 0.238 e. The Morgan fingerprint density at radius 1 is 1.11 bits per heavy atom.